The summed E-state index contributed by atoms with van der Waals surface area (Å²) in [6.07, 6.45) is 1.34. The fourth-order valence-electron chi connectivity index (χ4n) is 2.21. The first-order valence-corrected chi connectivity index (χ1v) is 6.49. The molecule has 1 aliphatic rings. The smallest absolute Gasteiger partial charge is 0.224 e. The Hall–Kier alpha value is -1.10. The Balaban J connectivity index is 0.00000180. The fourth-order valence-corrected chi connectivity index (χ4v) is 2.21. The molecule has 0 aliphatic carbocycles. The summed E-state index contributed by atoms with van der Waals surface area (Å²) in [5.74, 6) is 0.0823. The Kier molecular flexibility index (Phi) is 6.84. The molecular formula is C14H21ClN2O2. The second kappa shape index (κ2) is 8.15. The van der Waals surface area contributed by atoms with E-state index < -0.39 is 6.10 Å². The summed E-state index contributed by atoms with van der Waals surface area (Å²) >= 11 is 0. The van der Waals surface area contributed by atoms with Gasteiger partial charge in [-0.15, -0.1) is 12.4 Å². The molecule has 2 atom stereocenters. The number of carbonyl (C=O) groups is 1. The molecule has 1 amide bonds. The Bertz CT molecular complexity index is 380. The molecule has 1 aliphatic heterocycles. The molecule has 1 fully saturated rings. The summed E-state index contributed by atoms with van der Waals surface area (Å²) in [5, 5.41) is 16.0. The van der Waals surface area contributed by atoms with Crippen molar-refractivity contribution in [1.29, 1.82) is 0 Å². The van der Waals surface area contributed by atoms with Crippen molar-refractivity contribution in [3.05, 3.63) is 35.9 Å². The Labute approximate surface area is 120 Å². The molecule has 1 heterocycles. The molecule has 1 saturated heterocycles. The van der Waals surface area contributed by atoms with Gasteiger partial charge in [0.1, 0.15) is 0 Å². The van der Waals surface area contributed by atoms with Gasteiger partial charge in [0.05, 0.1) is 12.0 Å². The van der Waals surface area contributed by atoms with Crippen LogP contribution in [0.2, 0.25) is 0 Å². The summed E-state index contributed by atoms with van der Waals surface area (Å²) in [4.78, 5) is 11.9. The molecule has 2 unspecified atom stereocenters. The molecule has 106 valence electrons. The number of aliphatic hydroxyl groups excluding tert-OH is 1. The van der Waals surface area contributed by atoms with Crippen molar-refractivity contribution in [2.75, 3.05) is 19.6 Å². The Morgan fingerprint density at radius 1 is 1.42 bits per heavy atom. The third-order valence-corrected chi connectivity index (χ3v) is 3.32. The lowest BCUT2D eigenvalue weighted by Gasteiger charge is -2.22. The van der Waals surface area contributed by atoms with Crippen LogP contribution in [0.3, 0.4) is 0 Å². The minimum atomic E-state index is -0.633. The van der Waals surface area contributed by atoms with Crippen LogP contribution in [0, 0.1) is 5.92 Å². The molecule has 19 heavy (non-hydrogen) atoms. The zero-order chi connectivity index (χ0) is 12.8. The van der Waals surface area contributed by atoms with Gasteiger partial charge in [-0.25, -0.2) is 0 Å². The number of hydrogen-bond acceptors (Lipinski definition) is 3. The second-order valence-electron chi connectivity index (χ2n) is 4.71. The van der Waals surface area contributed by atoms with E-state index in [0.717, 1.165) is 31.5 Å². The standard InChI is InChI=1S/C14H20N2O2.ClH/c17-13(11-5-2-1-3-6-11)10-16-14(18)12-7-4-8-15-9-12;/h1-3,5-6,12-13,15,17H,4,7-10H2,(H,16,18);1H. The van der Waals surface area contributed by atoms with E-state index in [9.17, 15) is 9.90 Å². The van der Waals surface area contributed by atoms with Crippen molar-refractivity contribution >= 4 is 18.3 Å². The highest BCUT2D eigenvalue weighted by Gasteiger charge is 2.21. The zero-order valence-electron chi connectivity index (χ0n) is 10.8. The molecule has 3 N–H and O–H groups in total. The minimum Gasteiger partial charge on any atom is -0.387 e. The first kappa shape index (κ1) is 16.0. The molecule has 0 aromatic heterocycles. The van der Waals surface area contributed by atoms with Crippen LogP contribution in [0.4, 0.5) is 0 Å². The number of hydrogen-bond donors (Lipinski definition) is 3. The molecule has 0 radical (unpaired) electrons. The number of halogens is 1. The van der Waals surface area contributed by atoms with Crippen LogP contribution in [0.5, 0.6) is 0 Å². The first-order chi connectivity index (χ1) is 8.77. The molecule has 0 saturated carbocycles. The maximum absolute atomic E-state index is 11.9. The quantitative estimate of drug-likeness (QED) is 0.780. The molecule has 0 bridgehead atoms. The molecule has 5 heteroatoms. The highest BCUT2D eigenvalue weighted by Crippen LogP contribution is 2.12. The molecular weight excluding hydrogens is 264 g/mol. The largest absolute Gasteiger partial charge is 0.387 e. The molecule has 0 spiro atoms. The molecule has 4 nitrogen and oxygen atoms in total. The number of benzene rings is 1. The minimum absolute atomic E-state index is 0. The SMILES string of the molecule is Cl.O=C(NCC(O)c1ccccc1)C1CCCNC1. The summed E-state index contributed by atoms with van der Waals surface area (Å²) in [6, 6.07) is 9.39. The third kappa shape index (κ3) is 4.82. The van der Waals surface area contributed by atoms with Crippen molar-refractivity contribution in [3.63, 3.8) is 0 Å². The number of amides is 1. The Morgan fingerprint density at radius 2 is 2.16 bits per heavy atom. The highest BCUT2D eigenvalue weighted by atomic mass is 35.5. The Morgan fingerprint density at radius 3 is 2.79 bits per heavy atom. The van der Waals surface area contributed by atoms with E-state index in [1.165, 1.54) is 0 Å². The van der Waals surface area contributed by atoms with Crippen molar-refractivity contribution in [1.82, 2.24) is 10.6 Å². The van der Waals surface area contributed by atoms with Gasteiger partial charge in [-0.05, 0) is 24.9 Å². The molecule has 2 rings (SSSR count). The van der Waals surface area contributed by atoms with Crippen LogP contribution in [0.1, 0.15) is 24.5 Å². The number of aliphatic hydroxyl groups is 1. The van der Waals surface area contributed by atoms with E-state index in [1.807, 2.05) is 30.3 Å². The van der Waals surface area contributed by atoms with E-state index in [1.54, 1.807) is 0 Å². The number of piperidine rings is 1. The van der Waals surface area contributed by atoms with Crippen LogP contribution in [-0.2, 0) is 4.79 Å². The summed E-state index contributed by atoms with van der Waals surface area (Å²) < 4.78 is 0. The molecule has 1 aromatic rings. The van der Waals surface area contributed by atoms with E-state index in [-0.39, 0.29) is 30.8 Å². The normalized spacial score (nSPS) is 20.2. The van der Waals surface area contributed by atoms with E-state index in [4.69, 9.17) is 0 Å². The predicted octanol–water partition coefficient (Wildman–Crippen LogP) is 1.26. The van der Waals surface area contributed by atoms with E-state index in [0.29, 0.717) is 0 Å². The van der Waals surface area contributed by atoms with Gasteiger partial charge in [0.2, 0.25) is 5.91 Å². The van der Waals surface area contributed by atoms with Crippen molar-refractivity contribution < 1.29 is 9.90 Å². The van der Waals surface area contributed by atoms with Gasteiger partial charge < -0.3 is 15.7 Å². The topological polar surface area (TPSA) is 61.4 Å². The predicted molar refractivity (Wildman–Crippen MR) is 77.3 cm³/mol. The third-order valence-electron chi connectivity index (χ3n) is 3.32. The lowest BCUT2D eigenvalue weighted by molar-refractivity contribution is -0.125. The van der Waals surface area contributed by atoms with Crippen LogP contribution in [0.25, 0.3) is 0 Å². The van der Waals surface area contributed by atoms with E-state index >= 15 is 0 Å². The fraction of sp³-hybridized carbons (Fsp3) is 0.500. The average molecular weight is 285 g/mol. The number of carbonyl (C=O) groups excluding carboxylic acids is 1. The maximum Gasteiger partial charge on any atom is 0.224 e. The zero-order valence-corrected chi connectivity index (χ0v) is 11.7. The van der Waals surface area contributed by atoms with E-state index in [2.05, 4.69) is 10.6 Å². The van der Waals surface area contributed by atoms with Gasteiger partial charge in [-0.1, -0.05) is 30.3 Å². The maximum atomic E-state index is 11.9. The first-order valence-electron chi connectivity index (χ1n) is 6.49. The van der Waals surface area contributed by atoms with Crippen molar-refractivity contribution in [3.8, 4) is 0 Å². The van der Waals surface area contributed by atoms with Crippen LogP contribution in [0.15, 0.2) is 30.3 Å². The lowest BCUT2D eigenvalue weighted by Crippen LogP contribution is -2.41. The summed E-state index contributed by atoms with van der Waals surface area (Å²) in [5.41, 5.74) is 0.833. The summed E-state index contributed by atoms with van der Waals surface area (Å²) in [7, 11) is 0. The van der Waals surface area contributed by atoms with Gasteiger partial charge in [0.25, 0.3) is 0 Å². The van der Waals surface area contributed by atoms with Gasteiger partial charge >= 0.3 is 0 Å². The average Bonchev–Trinajstić information content (AvgIpc) is 2.46. The van der Waals surface area contributed by atoms with Gasteiger partial charge in [0, 0.05) is 13.1 Å². The highest BCUT2D eigenvalue weighted by molar-refractivity contribution is 5.85. The second-order valence-corrected chi connectivity index (χ2v) is 4.71. The van der Waals surface area contributed by atoms with Crippen LogP contribution in [-0.4, -0.2) is 30.6 Å². The van der Waals surface area contributed by atoms with Gasteiger partial charge in [-0.3, -0.25) is 4.79 Å². The molecule has 1 aromatic carbocycles. The summed E-state index contributed by atoms with van der Waals surface area (Å²) in [6.45, 7) is 2.02. The van der Waals surface area contributed by atoms with Gasteiger partial charge in [0.15, 0.2) is 0 Å². The van der Waals surface area contributed by atoms with Crippen molar-refractivity contribution in [2.24, 2.45) is 5.92 Å². The number of nitrogens with one attached hydrogen (secondary N) is 2. The van der Waals surface area contributed by atoms with Crippen molar-refractivity contribution in [2.45, 2.75) is 18.9 Å². The van der Waals surface area contributed by atoms with Gasteiger partial charge in [-0.2, -0.15) is 0 Å². The van der Waals surface area contributed by atoms with Crippen LogP contribution >= 0.6 is 12.4 Å². The van der Waals surface area contributed by atoms with Crippen LogP contribution < -0.4 is 10.6 Å². The lowest BCUT2D eigenvalue weighted by atomic mass is 9.98. The monoisotopic (exact) mass is 284 g/mol. The number of rotatable bonds is 4.